The lowest BCUT2D eigenvalue weighted by molar-refractivity contribution is 0.707. The quantitative estimate of drug-likeness (QED) is 0.619. The maximum Gasteiger partial charge on any atom is 0.206 e. The Hall–Kier alpha value is -2.42. The van der Waals surface area contributed by atoms with Crippen molar-refractivity contribution < 1.29 is 0 Å². The molecule has 1 aromatic heterocycles. The molecule has 0 spiro atoms. The van der Waals surface area contributed by atoms with Crippen LogP contribution in [0.2, 0.25) is 5.02 Å². The van der Waals surface area contributed by atoms with E-state index in [1.165, 1.54) is 11.3 Å². The molecule has 0 amide bonds. The van der Waals surface area contributed by atoms with Gasteiger partial charge in [-0.3, -0.25) is 0 Å². The molecule has 1 unspecified atom stereocenters. The van der Waals surface area contributed by atoms with Gasteiger partial charge in [-0.2, -0.15) is 5.26 Å². The Labute approximate surface area is 156 Å². The fourth-order valence-corrected chi connectivity index (χ4v) is 3.48. The molecule has 0 fully saturated rings. The van der Waals surface area contributed by atoms with Crippen LogP contribution in [0.4, 0.5) is 5.13 Å². The summed E-state index contributed by atoms with van der Waals surface area (Å²) >= 11 is 7.46. The summed E-state index contributed by atoms with van der Waals surface area (Å²) in [5.74, 6) is 0. The number of rotatable bonds is 7. The topological polar surface area (TPSA) is 61.6 Å². The monoisotopic (exact) mass is 368 g/mol. The molecule has 3 aromatic rings. The van der Waals surface area contributed by atoms with E-state index in [0.29, 0.717) is 6.42 Å². The number of anilines is 1. The van der Waals surface area contributed by atoms with Crippen LogP contribution in [0, 0.1) is 11.3 Å². The molecule has 0 bridgehead atoms. The summed E-state index contributed by atoms with van der Waals surface area (Å²) in [6.07, 6.45) is 1.94. The Bertz CT molecular complexity index is 840. The zero-order valence-corrected chi connectivity index (χ0v) is 15.1. The Morgan fingerprint density at radius 1 is 1.08 bits per heavy atom. The molecule has 6 heteroatoms. The molecule has 0 aliphatic rings. The van der Waals surface area contributed by atoms with E-state index in [2.05, 4.69) is 33.7 Å². The van der Waals surface area contributed by atoms with Gasteiger partial charge in [0, 0.05) is 17.9 Å². The van der Waals surface area contributed by atoms with E-state index in [0.717, 1.165) is 39.1 Å². The van der Waals surface area contributed by atoms with Gasteiger partial charge in [0.15, 0.2) is 0 Å². The van der Waals surface area contributed by atoms with E-state index in [-0.39, 0.29) is 6.04 Å². The van der Waals surface area contributed by atoms with Crippen molar-refractivity contribution in [2.24, 2.45) is 0 Å². The number of halogens is 1. The van der Waals surface area contributed by atoms with Crippen LogP contribution in [0.3, 0.4) is 0 Å². The van der Waals surface area contributed by atoms with Gasteiger partial charge in [0.05, 0.1) is 12.1 Å². The SMILES string of the molecule is N#CCCC(Nc1nnc(Cc2ccc(Cl)cc2)s1)c1ccccc1. The Balaban J connectivity index is 1.69. The van der Waals surface area contributed by atoms with Crippen molar-refractivity contribution in [2.75, 3.05) is 5.32 Å². The van der Waals surface area contributed by atoms with Gasteiger partial charge in [0.2, 0.25) is 5.13 Å². The number of nitriles is 1. The number of hydrogen-bond donors (Lipinski definition) is 1. The number of benzene rings is 2. The maximum atomic E-state index is 8.90. The van der Waals surface area contributed by atoms with Gasteiger partial charge in [-0.05, 0) is 29.7 Å². The van der Waals surface area contributed by atoms with Gasteiger partial charge in [-0.25, -0.2) is 0 Å². The van der Waals surface area contributed by atoms with Crippen molar-refractivity contribution >= 4 is 28.1 Å². The molecule has 1 N–H and O–H groups in total. The third-order valence-corrected chi connectivity index (χ3v) is 4.89. The minimum Gasteiger partial charge on any atom is -0.353 e. The fraction of sp³-hybridized carbons (Fsp3) is 0.211. The van der Waals surface area contributed by atoms with Crippen LogP contribution >= 0.6 is 22.9 Å². The van der Waals surface area contributed by atoms with Crippen molar-refractivity contribution in [3.8, 4) is 6.07 Å². The minimum atomic E-state index is 0.0529. The lowest BCUT2D eigenvalue weighted by Crippen LogP contribution is -2.10. The molecule has 0 aliphatic carbocycles. The van der Waals surface area contributed by atoms with E-state index in [1.807, 2.05) is 42.5 Å². The van der Waals surface area contributed by atoms with Gasteiger partial charge in [0.25, 0.3) is 0 Å². The summed E-state index contributed by atoms with van der Waals surface area (Å²) < 4.78 is 0. The van der Waals surface area contributed by atoms with Crippen molar-refractivity contribution in [1.82, 2.24) is 10.2 Å². The predicted molar refractivity (Wildman–Crippen MR) is 102 cm³/mol. The zero-order chi connectivity index (χ0) is 17.5. The minimum absolute atomic E-state index is 0.0529. The van der Waals surface area contributed by atoms with Crippen LogP contribution in [-0.4, -0.2) is 10.2 Å². The van der Waals surface area contributed by atoms with Crippen LogP contribution in [0.25, 0.3) is 0 Å². The molecule has 126 valence electrons. The van der Waals surface area contributed by atoms with Gasteiger partial charge >= 0.3 is 0 Å². The summed E-state index contributed by atoms with van der Waals surface area (Å²) in [5, 5.41) is 23.3. The summed E-state index contributed by atoms with van der Waals surface area (Å²) in [6, 6.07) is 20.1. The second-order valence-corrected chi connectivity index (χ2v) is 7.11. The molecule has 4 nitrogen and oxygen atoms in total. The maximum absolute atomic E-state index is 8.90. The third-order valence-electron chi connectivity index (χ3n) is 3.78. The van der Waals surface area contributed by atoms with Crippen LogP contribution in [0.15, 0.2) is 54.6 Å². The van der Waals surface area contributed by atoms with E-state index >= 15 is 0 Å². The summed E-state index contributed by atoms with van der Waals surface area (Å²) in [6.45, 7) is 0. The molecular weight excluding hydrogens is 352 g/mol. The first-order valence-electron chi connectivity index (χ1n) is 8.00. The van der Waals surface area contributed by atoms with Crippen LogP contribution in [0.1, 0.15) is 35.0 Å². The lowest BCUT2D eigenvalue weighted by Gasteiger charge is -2.16. The first-order valence-corrected chi connectivity index (χ1v) is 9.19. The third kappa shape index (κ3) is 5.02. The second-order valence-electron chi connectivity index (χ2n) is 5.61. The number of nitrogens with one attached hydrogen (secondary N) is 1. The highest BCUT2D eigenvalue weighted by atomic mass is 35.5. The summed E-state index contributed by atoms with van der Waals surface area (Å²) in [5.41, 5.74) is 2.29. The van der Waals surface area contributed by atoms with E-state index in [4.69, 9.17) is 16.9 Å². The summed E-state index contributed by atoms with van der Waals surface area (Å²) in [4.78, 5) is 0. The van der Waals surface area contributed by atoms with Gasteiger partial charge in [-0.15, -0.1) is 10.2 Å². The molecule has 25 heavy (non-hydrogen) atoms. The molecule has 0 saturated heterocycles. The number of hydrogen-bond acceptors (Lipinski definition) is 5. The average Bonchev–Trinajstić information content (AvgIpc) is 3.08. The van der Waals surface area contributed by atoms with E-state index < -0.39 is 0 Å². The summed E-state index contributed by atoms with van der Waals surface area (Å²) in [7, 11) is 0. The van der Waals surface area contributed by atoms with Crippen LogP contribution < -0.4 is 5.32 Å². The van der Waals surface area contributed by atoms with Crippen molar-refractivity contribution in [2.45, 2.75) is 25.3 Å². The van der Waals surface area contributed by atoms with Crippen molar-refractivity contribution in [3.63, 3.8) is 0 Å². The Kier molecular flexibility index (Phi) is 5.99. The molecule has 0 radical (unpaired) electrons. The molecule has 0 aliphatic heterocycles. The highest BCUT2D eigenvalue weighted by Gasteiger charge is 2.14. The van der Waals surface area contributed by atoms with Gasteiger partial charge in [-0.1, -0.05) is 65.4 Å². The Morgan fingerprint density at radius 2 is 1.84 bits per heavy atom. The fourth-order valence-electron chi connectivity index (χ4n) is 2.53. The number of nitrogens with zero attached hydrogens (tertiary/aromatic N) is 3. The first kappa shape index (κ1) is 17.4. The van der Waals surface area contributed by atoms with Crippen LogP contribution in [-0.2, 0) is 6.42 Å². The number of aromatic nitrogens is 2. The Morgan fingerprint density at radius 3 is 2.56 bits per heavy atom. The van der Waals surface area contributed by atoms with Gasteiger partial charge < -0.3 is 5.32 Å². The standard InChI is InChI=1S/C19H17ClN4S/c20-16-10-8-14(9-11-16)13-18-23-24-19(25-18)22-17(7-4-12-21)15-5-2-1-3-6-15/h1-3,5-6,8-11,17H,4,7,13H2,(H,22,24). The first-order chi connectivity index (χ1) is 12.2. The zero-order valence-electron chi connectivity index (χ0n) is 13.5. The normalized spacial score (nSPS) is 11.7. The van der Waals surface area contributed by atoms with Crippen molar-refractivity contribution in [3.05, 3.63) is 75.8 Å². The predicted octanol–water partition coefficient (Wildman–Crippen LogP) is 5.24. The largest absolute Gasteiger partial charge is 0.353 e. The molecular formula is C19H17ClN4S. The molecule has 1 atom stereocenters. The van der Waals surface area contributed by atoms with Gasteiger partial charge in [0.1, 0.15) is 5.01 Å². The molecule has 0 saturated carbocycles. The van der Waals surface area contributed by atoms with Crippen LogP contribution in [0.5, 0.6) is 0 Å². The van der Waals surface area contributed by atoms with E-state index in [1.54, 1.807) is 0 Å². The highest BCUT2D eigenvalue weighted by molar-refractivity contribution is 7.15. The molecule has 3 rings (SSSR count). The average molecular weight is 369 g/mol. The smallest absolute Gasteiger partial charge is 0.206 e. The highest BCUT2D eigenvalue weighted by Crippen LogP contribution is 2.27. The molecule has 1 heterocycles. The van der Waals surface area contributed by atoms with E-state index in [9.17, 15) is 0 Å². The lowest BCUT2D eigenvalue weighted by atomic mass is 10.0. The molecule has 2 aromatic carbocycles. The van der Waals surface area contributed by atoms with Crippen molar-refractivity contribution in [1.29, 1.82) is 5.26 Å². The second kappa shape index (κ2) is 8.61.